The molecule has 1 aliphatic rings. The molecule has 0 saturated carbocycles. The number of thiazole rings is 1. The Morgan fingerprint density at radius 3 is 2.64 bits per heavy atom. The Hall–Kier alpha value is -3.95. The summed E-state index contributed by atoms with van der Waals surface area (Å²) in [5, 5.41) is 12.3. The van der Waals surface area contributed by atoms with E-state index in [1.807, 2.05) is 13.0 Å². The van der Waals surface area contributed by atoms with E-state index >= 15 is 0 Å². The number of methoxy groups -OCH3 is 2. The summed E-state index contributed by atoms with van der Waals surface area (Å²) >= 11 is 7.54. The van der Waals surface area contributed by atoms with Gasteiger partial charge in [0, 0.05) is 17.4 Å². The number of rotatable bonds is 5. The number of aryl methyl sites for hydroxylation is 1. The first-order valence-electron chi connectivity index (χ1n) is 10.8. The van der Waals surface area contributed by atoms with E-state index in [1.54, 1.807) is 48.8 Å². The van der Waals surface area contributed by atoms with E-state index in [9.17, 15) is 14.7 Å². The average molecular weight is 522 g/mol. The van der Waals surface area contributed by atoms with Gasteiger partial charge < -0.3 is 14.6 Å². The van der Waals surface area contributed by atoms with Gasteiger partial charge in [-0.05, 0) is 54.4 Å². The van der Waals surface area contributed by atoms with Gasteiger partial charge in [-0.3, -0.25) is 19.5 Å². The van der Waals surface area contributed by atoms with E-state index in [0.29, 0.717) is 32.7 Å². The van der Waals surface area contributed by atoms with Crippen molar-refractivity contribution in [2.45, 2.75) is 13.0 Å². The fraction of sp³-hybridized carbons (Fsp3) is 0.154. The number of ether oxygens (including phenoxy) is 2. The zero-order valence-corrected chi connectivity index (χ0v) is 21.1. The number of aromatic nitrogens is 2. The quantitative estimate of drug-likeness (QED) is 0.216. The normalized spacial score (nSPS) is 17.1. The number of aliphatic hydroxyl groups is 1. The Bertz CT molecular complexity index is 1510. The molecule has 8 nitrogen and oxygen atoms in total. The third-order valence-electron chi connectivity index (χ3n) is 5.97. The number of hydrogen-bond donors (Lipinski definition) is 1. The van der Waals surface area contributed by atoms with Gasteiger partial charge in [-0.25, -0.2) is 4.98 Å². The van der Waals surface area contributed by atoms with Crippen LogP contribution in [0, 0.1) is 6.92 Å². The maximum atomic E-state index is 13.4. The number of anilines is 1. The highest BCUT2D eigenvalue weighted by Gasteiger charge is 2.48. The standard InChI is InChI=1S/C26H20ClN3O5S/c1-13-9-20-18(11-17(13)27)29-26(36-20)30-22(14-5-4-8-28-12-14)21(24(32)25(30)33)23(31)16-10-15(34-2)6-7-19(16)35-3/h4-12,22,31H,1-3H3/b23-21+. The fourth-order valence-electron chi connectivity index (χ4n) is 4.17. The summed E-state index contributed by atoms with van der Waals surface area (Å²) < 4.78 is 11.5. The molecule has 0 bridgehead atoms. The van der Waals surface area contributed by atoms with Gasteiger partial charge >= 0.3 is 5.91 Å². The third kappa shape index (κ3) is 3.86. The van der Waals surface area contributed by atoms with Gasteiger partial charge in [-0.2, -0.15) is 0 Å². The number of pyridine rings is 1. The lowest BCUT2D eigenvalue weighted by atomic mass is 9.96. The summed E-state index contributed by atoms with van der Waals surface area (Å²) in [6.07, 6.45) is 3.14. The Labute approximate surface area is 215 Å². The highest BCUT2D eigenvalue weighted by atomic mass is 35.5. The SMILES string of the molecule is COc1ccc(OC)c(/C(O)=C2\C(=O)C(=O)N(c3nc4cc(Cl)c(C)cc4s3)C2c2cccnc2)c1. The molecule has 5 rings (SSSR count). The van der Waals surface area contributed by atoms with Gasteiger partial charge in [0.05, 0.1) is 41.6 Å². The minimum absolute atomic E-state index is 0.104. The van der Waals surface area contributed by atoms with Crippen molar-refractivity contribution in [1.82, 2.24) is 9.97 Å². The van der Waals surface area contributed by atoms with Gasteiger partial charge in [0.25, 0.3) is 5.78 Å². The molecular formula is C26H20ClN3O5S. The predicted octanol–water partition coefficient (Wildman–Crippen LogP) is 5.30. The molecule has 1 fully saturated rings. The van der Waals surface area contributed by atoms with Crippen LogP contribution in [0.5, 0.6) is 11.5 Å². The van der Waals surface area contributed by atoms with Gasteiger partial charge in [0.1, 0.15) is 17.3 Å². The molecule has 1 atom stereocenters. The van der Waals surface area contributed by atoms with Gasteiger partial charge in [0.2, 0.25) is 0 Å². The van der Waals surface area contributed by atoms with Crippen LogP contribution in [-0.2, 0) is 9.59 Å². The molecule has 36 heavy (non-hydrogen) atoms. The lowest BCUT2D eigenvalue weighted by Crippen LogP contribution is -2.29. The number of Topliss-reactive ketones (excluding diaryl/α,β-unsaturated/α-hetero) is 1. The highest BCUT2D eigenvalue weighted by Crippen LogP contribution is 2.45. The van der Waals surface area contributed by atoms with E-state index in [1.165, 1.54) is 30.5 Å². The lowest BCUT2D eigenvalue weighted by molar-refractivity contribution is -0.132. The largest absolute Gasteiger partial charge is 0.507 e. The molecule has 10 heteroatoms. The summed E-state index contributed by atoms with van der Waals surface area (Å²) in [7, 11) is 2.94. The van der Waals surface area contributed by atoms with Crippen molar-refractivity contribution >= 4 is 55.7 Å². The Balaban J connectivity index is 1.75. The second-order valence-electron chi connectivity index (χ2n) is 8.09. The number of carbonyl (C=O) groups is 2. The summed E-state index contributed by atoms with van der Waals surface area (Å²) in [5.74, 6) is -1.29. The number of fused-ring (bicyclic) bond motifs is 1. The van der Waals surface area contributed by atoms with E-state index in [-0.39, 0.29) is 16.9 Å². The number of benzene rings is 2. The van der Waals surface area contributed by atoms with Crippen LogP contribution in [0.1, 0.15) is 22.7 Å². The molecule has 0 spiro atoms. The molecule has 2 aromatic heterocycles. The number of hydrogen-bond acceptors (Lipinski definition) is 8. The van der Waals surface area contributed by atoms with Crippen molar-refractivity contribution in [3.63, 3.8) is 0 Å². The molecule has 1 unspecified atom stereocenters. The summed E-state index contributed by atoms with van der Waals surface area (Å²) in [4.78, 5) is 36.9. The first-order chi connectivity index (χ1) is 17.3. The molecule has 1 amide bonds. The lowest BCUT2D eigenvalue weighted by Gasteiger charge is -2.22. The van der Waals surface area contributed by atoms with E-state index < -0.39 is 17.7 Å². The van der Waals surface area contributed by atoms with E-state index in [2.05, 4.69) is 9.97 Å². The van der Waals surface area contributed by atoms with Crippen LogP contribution < -0.4 is 14.4 Å². The van der Waals surface area contributed by atoms with Crippen molar-refractivity contribution in [3.05, 3.63) is 82.1 Å². The number of amides is 1. The van der Waals surface area contributed by atoms with Gasteiger partial charge in [0.15, 0.2) is 5.13 Å². The molecule has 1 saturated heterocycles. The molecule has 1 aliphatic heterocycles. The third-order valence-corrected chi connectivity index (χ3v) is 7.39. The smallest absolute Gasteiger partial charge is 0.301 e. The van der Waals surface area contributed by atoms with Crippen molar-refractivity contribution in [3.8, 4) is 11.5 Å². The summed E-state index contributed by atoms with van der Waals surface area (Å²) in [5.41, 5.74) is 2.12. The van der Waals surface area contributed by atoms with Crippen LogP contribution in [0.25, 0.3) is 16.0 Å². The maximum Gasteiger partial charge on any atom is 0.301 e. The van der Waals surface area contributed by atoms with Gasteiger partial charge in [-0.1, -0.05) is 29.0 Å². The zero-order chi connectivity index (χ0) is 25.6. The van der Waals surface area contributed by atoms with Crippen molar-refractivity contribution < 1.29 is 24.2 Å². The van der Waals surface area contributed by atoms with E-state index in [0.717, 1.165) is 10.3 Å². The molecule has 0 aliphatic carbocycles. The molecule has 2 aromatic carbocycles. The van der Waals surface area contributed by atoms with Crippen molar-refractivity contribution in [2.24, 2.45) is 0 Å². The minimum atomic E-state index is -0.966. The number of aliphatic hydroxyl groups excluding tert-OH is 1. The van der Waals surface area contributed by atoms with Crippen LogP contribution in [0.2, 0.25) is 5.02 Å². The molecule has 4 aromatic rings. The Kier molecular flexibility index (Phi) is 6.11. The summed E-state index contributed by atoms with van der Waals surface area (Å²) in [6, 6.07) is 10.9. The Morgan fingerprint density at radius 2 is 1.94 bits per heavy atom. The first kappa shape index (κ1) is 23.8. The molecule has 0 radical (unpaired) electrons. The molecule has 1 N–H and O–H groups in total. The topological polar surface area (TPSA) is 102 Å². The van der Waals surface area contributed by atoms with Crippen LogP contribution in [-0.4, -0.2) is 41.0 Å². The number of carbonyl (C=O) groups excluding carboxylic acids is 2. The summed E-state index contributed by atoms with van der Waals surface area (Å²) in [6.45, 7) is 1.88. The molecule has 3 heterocycles. The highest BCUT2D eigenvalue weighted by molar-refractivity contribution is 7.22. The maximum absolute atomic E-state index is 13.4. The molecule has 182 valence electrons. The number of nitrogens with zero attached hydrogens (tertiary/aromatic N) is 3. The second kappa shape index (κ2) is 9.25. The minimum Gasteiger partial charge on any atom is -0.507 e. The van der Waals surface area contributed by atoms with Crippen molar-refractivity contribution in [2.75, 3.05) is 19.1 Å². The predicted molar refractivity (Wildman–Crippen MR) is 138 cm³/mol. The van der Waals surface area contributed by atoms with Crippen LogP contribution in [0.15, 0.2) is 60.4 Å². The average Bonchev–Trinajstić information content (AvgIpc) is 3.41. The fourth-order valence-corrected chi connectivity index (χ4v) is 5.40. The second-order valence-corrected chi connectivity index (χ2v) is 9.50. The van der Waals surface area contributed by atoms with Crippen LogP contribution >= 0.6 is 22.9 Å². The zero-order valence-electron chi connectivity index (χ0n) is 19.5. The number of halogens is 1. The van der Waals surface area contributed by atoms with Crippen LogP contribution in [0.3, 0.4) is 0 Å². The van der Waals surface area contributed by atoms with E-state index in [4.69, 9.17) is 21.1 Å². The number of ketones is 1. The van der Waals surface area contributed by atoms with Crippen LogP contribution in [0.4, 0.5) is 5.13 Å². The monoisotopic (exact) mass is 521 g/mol. The van der Waals surface area contributed by atoms with Crippen molar-refractivity contribution in [1.29, 1.82) is 0 Å². The first-order valence-corrected chi connectivity index (χ1v) is 12.0. The Morgan fingerprint density at radius 1 is 1.14 bits per heavy atom. The molecular weight excluding hydrogens is 502 g/mol. The van der Waals surface area contributed by atoms with Gasteiger partial charge in [-0.15, -0.1) is 0 Å².